The molecule has 0 spiro atoms. The van der Waals surface area contributed by atoms with Gasteiger partial charge in [0.05, 0.1) is 18.9 Å². The van der Waals surface area contributed by atoms with Gasteiger partial charge in [0.25, 0.3) is 0 Å². The van der Waals surface area contributed by atoms with E-state index in [4.69, 9.17) is 9.47 Å². The highest BCUT2D eigenvalue weighted by Crippen LogP contribution is 2.40. The predicted octanol–water partition coefficient (Wildman–Crippen LogP) is 2.40. The van der Waals surface area contributed by atoms with Gasteiger partial charge in [0.2, 0.25) is 5.54 Å². The molecular formula is C14H21NO6. The summed E-state index contributed by atoms with van der Waals surface area (Å²) in [6.07, 6.45) is -1.38. The molecular weight excluding hydrogens is 278 g/mol. The standard InChI is InChI=1S/C14H21NO6/c1-6-20-10-8(3)11(21-7-2)14(5,12(16)17)15(9(10)4)13(18)19/h6-7H2,1-5H3,(H,16,17)(H,18,19). The van der Waals surface area contributed by atoms with Crippen molar-refractivity contribution in [2.75, 3.05) is 13.2 Å². The van der Waals surface area contributed by atoms with Crippen LogP contribution in [-0.4, -0.2) is 45.9 Å². The van der Waals surface area contributed by atoms with Crippen LogP contribution in [-0.2, 0) is 14.3 Å². The summed E-state index contributed by atoms with van der Waals surface area (Å²) >= 11 is 0. The van der Waals surface area contributed by atoms with E-state index in [1.165, 1.54) is 13.8 Å². The van der Waals surface area contributed by atoms with E-state index >= 15 is 0 Å². The first-order valence-electron chi connectivity index (χ1n) is 6.68. The van der Waals surface area contributed by atoms with Gasteiger partial charge in [-0.3, -0.25) is 4.90 Å². The van der Waals surface area contributed by atoms with Crippen molar-refractivity contribution < 1.29 is 29.3 Å². The Kier molecular flexibility index (Phi) is 4.88. The summed E-state index contributed by atoms with van der Waals surface area (Å²) in [5.41, 5.74) is -1.09. The largest absolute Gasteiger partial charge is 0.495 e. The van der Waals surface area contributed by atoms with Crippen LogP contribution < -0.4 is 0 Å². The van der Waals surface area contributed by atoms with Gasteiger partial charge in [-0.25, -0.2) is 9.59 Å². The van der Waals surface area contributed by atoms with Crippen molar-refractivity contribution in [3.8, 4) is 0 Å². The van der Waals surface area contributed by atoms with Crippen LogP contribution in [0.4, 0.5) is 4.79 Å². The van der Waals surface area contributed by atoms with Crippen molar-refractivity contribution >= 4 is 12.1 Å². The summed E-state index contributed by atoms with van der Waals surface area (Å²) in [6.45, 7) is 8.53. The fraction of sp³-hybridized carbons (Fsp3) is 0.571. The second-order valence-corrected chi connectivity index (χ2v) is 4.73. The lowest BCUT2D eigenvalue weighted by Gasteiger charge is -2.42. The molecule has 7 nitrogen and oxygen atoms in total. The zero-order chi connectivity index (χ0) is 16.4. The molecule has 1 heterocycles. The highest BCUT2D eigenvalue weighted by molar-refractivity contribution is 5.89. The van der Waals surface area contributed by atoms with E-state index in [1.807, 2.05) is 0 Å². The second kappa shape index (κ2) is 6.07. The molecule has 1 amide bonds. The number of ether oxygens (including phenoxy) is 2. The number of amides is 1. The lowest BCUT2D eigenvalue weighted by atomic mass is 9.88. The van der Waals surface area contributed by atoms with Crippen molar-refractivity contribution in [2.45, 2.75) is 40.2 Å². The zero-order valence-electron chi connectivity index (χ0n) is 12.9. The predicted molar refractivity (Wildman–Crippen MR) is 74.6 cm³/mol. The Labute approximate surface area is 123 Å². The summed E-state index contributed by atoms with van der Waals surface area (Å²) in [4.78, 5) is 24.1. The van der Waals surface area contributed by atoms with Crippen LogP contribution in [0.5, 0.6) is 0 Å². The quantitative estimate of drug-likeness (QED) is 0.809. The van der Waals surface area contributed by atoms with E-state index in [0.717, 1.165) is 4.90 Å². The van der Waals surface area contributed by atoms with Crippen LogP contribution in [0.2, 0.25) is 0 Å². The number of carbonyl (C=O) groups is 2. The Hall–Kier alpha value is -2.18. The van der Waals surface area contributed by atoms with Crippen molar-refractivity contribution in [3.05, 3.63) is 22.8 Å². The monoisotopic (exact) mass is 299 g/mol. The van der Waals surface area contributed by atoms with Gasteiger partial charge < -0.3 is 19.7 Å². The maximum Gasteiger partial charge on any atom is 0.413 e. The van der Waals surface area contributed by atoms with E-state index in [1.54, 1.807) is 20.8 Å². The van der Waals surface area contributed by atoms with Crippen LogP contribution in [0.1, 0.15) is 34.6 Å². The third-order valence-electron chi connectivity index (χ3n) is 3.42. The SMILES string of the molecule is CCOC1=C(C)N(C(=O)O)C(C)(C(=O)O)C(OCC)=C1C. The van der Waals surface area contributed by atoms with Gasteiger partial charge in [-0.1, -0.05) is 0 Å². The molecule has 0 aromatic rings. The number of hydrogen-bond donors (Lipinski definition) is 2. The summed E-state index contributed by atoms with van der Waals surface area (Å²) < 4.78 is 10.9. The molecule has 1 aliphatic rings. The fourth-order valence-electron chi connectivity index (χ4n) is 2.56. The topological polar surface area (TPSA) is 96.3 Å². The molecule has 0 saturated carbocycles. The van der Waals surface area contributed by atoms with Crippen LogP contribution in [0.3, 0.4) is 0 Å². The van der Waals surface area contributed by atoms with Crippen LogP contribution >= 0.6 is 0 Å². The van der Waals surface area contributed by atoms with Crippen LogP contribution in [0, 0.1) is 0 Å². The van der Waals surface area contributed by atoms with Crippen LogP contribution in [0.25, 0.3) is 0 Å². The number of rotatable bonds is 5. The molecule has 0 bridgehead atoms. The molecule has 2 N–H and O–H groups in total. The first kappa shape index (κ1) is 16.9. The van der Waals surface area contributed by atoms with Gasteiger partial charge in [0.1, 0.15) is 11.5 Å². The third kappa shape index (κ3) is 2.55. The van der Waals surface area contributed by atoms with E-state index in [0.29, 0.717) is 17.9 Å². The molecule has 0 saturated heterocycles. The minimum atomic E-state index is -1.82. The smallest absolute Gasteiger partial charge is 0.413 e. The molecule has 0 aromatic carbocycles. The summed E-state index contributed by atoms with van der Waals surface area (Å²) in [5.74, 6) is -0.890. The number of aliphatic carboxylic acids is 1. The first-order valence-corrected chi connectivity index (χ1v) is 6.68. The molecule has 0 aliphatic carbocycles. The molecule has 21 heavy (non-hydrogen) atoms. The molecule has 1 unspecified atom stereocenters. The van der Waals surface area contributed by atoms with E-state index in [2.05, 4.69) is 0 Å². The molecule has 0 aromatic heterocycles. The summed E-state index contributed by atoms with van der Waals surface area (Å²) in [7, 11) is 0. The normalized spacial score (nSPS) is 22.4. The molecule has 1 atom stereocenters. The third-order valence-corrected chi connectivity index (χ3v) is 3.42. The van der Waals surface area contributed by atoms with Gasteiger partial charge in [-0.15, -0.1) is 0 Å². The van der Waals surface area contributed by atoms with Crippen molar-refractivity contribution in [2.24, 2.45) is 0 Å². The summed E-state index contributed by atoms with van der Waals surface area (Å²) in [5, 5.41) is 19.0. The van der Waals surface area contributed by atoms with Crippen LogP contribution in [0.15, 0.2) is 22.8 Å². The highest BCUT2D eigenvalue weighted by Gasteiger charge is 2.53. The molecule has 1 rings (SSSR count). The Morgan fingerprint density at radius 1 is 1.14 bits per heavy atom. The summed E-state index contributed by atoms with van der Waals surface area (Å²) in [6, 6.07) is 0. The fourth-order valence-corrected chi connectivity index (χ4v) is 2.56. The maximum absolute atomic E-state index is 11.7. The number of carboxylic acids is 1. The molecule has 1 aliphatic heterocycles. The lowest BCUT2D eigenvalue weighted by molar-refractivity contribution is -0.148. The number of hydrogen-bond acceptors (Lipinski definition) is 4. The van der Waals surface area contributed by atoms with E-state index in [9.17, 15) is 19.8 Å². The number of carboxylic acid groups (broad SMARTS) is 2. The highest BCUT2D eigenvalue weighted by atomic mass is 16.5. The molecule has 0 fully saturated rings. The maximum atomic E-state index is 11.7. The number of nitrogens with zero attached hydrogens (tertiary/aromatic N) is 1. The molecule has 118 valence electrons. The van der Waals surface area contributed by atoms with E-state index in [-0.39, 0.29) is 18.1 Å². The first-order chi connectivity index (χ1) is 9.73. The Balaban J connectivity index is 3.65. The second-order valence-electron chi connectivity index (χ2n) is 4.73. The average Bonchev–Trinajstić information content (AvgIpc) is 2.39. The average molecular weight is 299 g/mol. The van der Waals surface area contributed by atoms with Gasteiger partial charge in [-0.05, 0) is 34.6 Å². The number of allylic oxidation sites excluding steroid dienone is 2. The zero-order valence-corrected chi connectivity index (χ0v) is 12.9. The van der Waals surface area contributed by atoms with Gasteiger partial charge >= 0.3 is 12.1 Å². The molecule has 7 heteroatoms. The van der Waals surface area contributed by atoms with Gasteiger partial charge in [0.15, 0.2) is 0 Å². The van der Waals surface area contributed by atoms with Gasteiger partial charge in [0, 0.05) is 5.57 Å². The van der Waals surface area contributed by atoms with Gasteiger partial charge in [-0.2, -0.15) is 0 Å². The van der Waals surface area contributed by atoms with E-state index < -0.39 is 17.6 Å². The van der Waals surface area contributed by atoms with Crippen molar-refractivity contribution in [1.29, 1.82) is 0 Å². The molecule has 0 radical (unpaired) electrons. The lowest BCUT2D eigenvalue weighted by Crippen LogP contribution is -2.57. The Morgan fingerprint density at radius 3 is 2.05 bits per heavy atom. The minimum absolute atomic E-state index is 0.0777. The minimum Gasteiger partial charge on any atom is -0.495 e. The Morgan fingerprint density at radius 2 is 1.67 bits per heavy atom. The van der Waals surface area contributed by atoms with Crippen molar-refractivity contribution in [1.82, 2.24) is 4.90 Å². The van der Waals surface area contributed by atoms with Crippen molar-refractivity contribution in [3.63, 3.8) is 0 Å². The Bertz CT molecular complexity index is 522.